The van der Waals surface area contributed by atoms with Crippen LogP contribution in [0.15, 0.2) is 18.2 Å². The van der Waals surface area contributed by atoms with Crippen molar-refractivity contribution in [1.29, 1.82) is 0 Å². The van der Waals surface area contributed by atoms with E-state index in [0.29, 0.717) is 17.3 Å². The minimum Gasteiger partial charge on any atom is -0.481 e. The number of halogens is 1. The molecule has 1 fully saturated rings. The molecule has 110 valence electrons. The highest BCUT2D eigenvalue weighted by molar-refractivity contribution is 6.30. The van der Waals surface area contributed by atoms with E-state index in [0.717, 1.165) is 25.0 Å². The Kier molecular flexibility index (Phi) is 5.26. The summed E-state index contributed by atoms with van der Waals surface area (Å²) in [5.41, 5.74) is 0.913. The number of carbonyl (C=O) groups is 1. The van der Waals surface area contributed by atoms with E-state index in [2.05, 4.69) is 5.32 Å². The van der Waals surface area contributed by atoms with Crippen LogP contribution in [-0.4, -0.2) is 31.3 Å². The van der Waals surface area contributed by atoms with Gasteiger partial charge in [-0.2, -0.15) is 0 Å². The highest BCUT2D eigenvalue weighted by Gasteiger charge is 2.20. The standard InChI is InChI=1S/C15H20ClNO3/c1-10-8-12(16)5-6-14(10)20-11(2)15(18)17-9-13-4-3-7-19-13/h5-6,8,11,13H,3-4,7,9H2,1-2H3,(H,17,18)/t11-,13-/m0/s1. The highest BCUT2D eigenvalue weighted by atomic mass is 35.5. The van der Waals surface area contributed by atoms with Crippen molar-refractivity contribution >= 4 is 17.5 Å². The maximum absolute atomic E-state index is 12.0. The smallest absolute Gasteiger partial charge is 0.260 e. The molecule has 0 spiro atoms. The fourth-order valence-corrected chi connectivity index (χ4v) is 2.38. The highest BCUT2D eigenvalue weighted by Crippen LogP contribution is 2.22. The number of hydrogen-bond donors (Lipinski definition) is 1. The Bertz CT molecular complexity index is 472. The van der Waals surface area contributed by atoms with Crippen LogP contribution in [0.4, 0.5) is 0 Å². The lowest BCUT2D eigenvalue weighted by molar-refractivity contribution is -0.127. The Hall–Kier alpha value is -1.26. The van der Waals surface area contributed by atoms with Gasteiger partial charge in [-0.3, -0.25) is 4.79 Å². The molecule has 5 heteroatoms. The summed E-state index contributed by atoms with van der Waals surface area (Å²) in [7, 11) is 0. The minimum absolute atomic E-state index is 0.130. The summed E-state index contributed by atoms with van der Waals surface area (Å²) >= 11 is 5.89. The molecule has 0 aromatic heterocycles. The summed E-state index contributed by atoms with van der Waals surface area (Å²) < 4.78 is 11.1. The van der Waals surface area contributed by atoms with E-state index in [9.17, 15) is 4.79 Å². The maximum Gasteiger partial charge on any atom is 0.260 e. The molecule has 0 unspecified atom stereocenters. The van der Waals surface area contributed by atoms with E-state index in [1.54, 1.807) is 19.1 Å². The van der Waals surface area contributed by atoms with Crippen LogP contribution in [0, 0.1) is 6.92 Å². The Morgan fingerprint density at radius 2 is 2.40 bits per heavy atom. The number of rotatable bonds is 5. The summed E-state index contributed by atoms with van der Waals surface area (Å²) in [5, 5.41) is 3.52. The van der Waals surface area contributed by atoms with Gasteiger partial charge in [-0.15, -0.1) is 0 Å². The van der Waals surface area contributed by atoms with Crippen LogP contribution in [0.25, 0.3) is 0 Å². The zero-order valence-corrected chi connectivity index (χ0v) is 12.6. The van der Waals surface area contributed by atoms with E-state index in [1.165, 1.54) is 0 Å². The number of hydrogen-bond acceptors (Lipinski definition) is 3. The zero-order chi connectivity index (χ0) is 14.5. The van der Waals surface area contributed by atoms with Gasteiger partial charge >= 0.3 is 0 Å². The summed E-state index contributed by atoms with van der Waals surface area (Å²) in [6.07, 6.45) is 1.67. The van der Waals surface area contributed by atoms with Crippen molar-refractivity contribution in [2.24, 2.45) is 0 Å². The largest absolute Gasteiger partial charge is 0.481 e. The van der Waals surface area contributed by atoms with Crippen LogP contribution in [0.3, 0.4) is 0 Å². The van der Waals surface area contributed by atoms with Crippen LogP contribution >= 0.6 is 11.6 Å². The first-order chi connectivity index (χ1) is 9.56. The van der Waals surface area contributed by atoms with Crippen molar-refractivity contribution in [2.75, 3.05) is 13.2 Å². The topological polar surface area (TPSA) is 47.6 Å². The molecule has 0 radical (unpaired) electrons. The van der Waals surface area contributed by atoms with Gasteiger partial charge in [0.25, 0.3) is 5.91 Å². The molecular formula is C15H20ClNO3. The Balaban J connectivity index is 1.83. The average Bonchev–Trinajstić information content (AvgIpc) is 2.92. The SMILES string of the molecule is Cc1cc(Cl)ccc1O[C@@H](C)C(=O)NC[C@@H]1CCCO1. The van der Waals surface area contributed by atoms with Crippen LogP contribution in [-0.2, 0) is 9.53 Å². The molecular weight excluding hydrogens is 278 g/mol. The molecule has 2 rings (SSSR count). The number of nitrogens with one attached hydrogen (secondary N) is 1. The molecule has 1 heterocycles. The number of carbonyl (C=O) groups excluding carboxylic acids is 1. The van der Waals surface area contributed by atoms with Crippen molar-refractivity contribution in [3.05, 3.63) is 28.8 Å². The zero-order valence-electron chi connectivity index (χ0n) is 11.8. The second-order valence-electron chi connectivity index (χ2n) is 5.05. The molecule has 20 heavy (non-hydrogen) atoms. The summed E-state index contributed by atoms with van der Waals surface area (Å²) in [6, 6.07) is 5.34. The first-order valence-corrected chi connectivity index (χ1v) is 7.26. The molecule has 1 aromatic rings. The van der Waals surface area contributed by atoms with Crippen LogP contribution in [0.5, 0.6) is 5.75 Å². The number of amides is 1. The van der Waals surface area contributed by atoms with Crippen LogP contribution in [0.2, 0.25) is 5.02 Å². The van der Waals surface area contributed by atoms with Gasteiger partial charge in [0, 0.05) is 18.2 Å². The Morgan fingerprint density at radius 1 is 1.60 bits per heavy atom. The van der Waals surface area contributed by atoms with E-state index in [1.807, 2.05) is 13.0 Å². The fraction of sp³-hybridized carbons (Fsp3) is 0.533. The predicted molar refractivity (Wildman–Crippen MR) is 78.3 cm³/mol. The Morgan fingerprint density at radius 3 is 3.05 bits per heavy atom. The van der Waals surface area contributed by atoms with Crippen molar-refractivity contribution in [3.8, 4) is 5.75 Å². The maximum atomic E-state index is 12.0. The van der Waals surface area contributed by atoms with Gasteiger partial charge in [0.05, 0.1) is 6.10 Å². The quantitative estimate of drug-likeness (QED) is 0.909. The third-order valence-corrected chi connectivity index (χ3v) is 3.57. The lowest BCUT2D eigenvalue weighted by Crippen LogP contribution is -2.40. The van der Waals surface area contributed by atoms with Crippen molar-refractivity contribution in [2.45, 2.75) is 38.9 Å². The predicted octanol–water partition coefficient (Wildman–Crippen LogP) is 2.71. The van der Waals surface area contributed by atoms with Gasteiger partial charge in [0.1, 0.15) is 5.75 Å². The molecule has 1 aliphatic rings. The number of aryl methyl sites for hydroxylation is 1. The molecule has 1 aliphatic heterocycles. The Labute approximate surface area is 124 Å². The molecule has 1 amide bonds. The fourth-order valence-electron chi connectivity index (χ4n) is 2.15. The molecule has 0 saturated carbocycles. The third kappa shape index (κ3) is 4.12. The lowest BCUT2D eigenvalue weighted by Gasteiger charge is -2.17. The summed E-state index contributed by atoms with van der Waals surface area (Å²) in [5.74, 6) is 0.545. The van der Waals surface area contributed by atoms with Crippen LogP contribution < -0.4 is 10.1 Å². The van der Waals surface area contributed by atoms with Gasteiger partial charge in [-0.25, -0.2) is 0 Å². The number of benzene rings is 1. The molecule has 1 saturated heterocycles. The first kappa shape index (κ1) is 15.1. The first-order valence-electron chi connectivity index (χ1n) is 6.88. The molecule has 1 N–H and O–H groups in total. The monoisotopic (exact) mass is 297 g/mol. The van der Waals surface area contributed by atoms with Crippen molar-refractivity contribution in [1.82, 2.24) is 5.32 Å². The second-order valence-corrected chi connectivity index (χ2v) is 5.49. The van der Waals surface area contributed by atoms with E-state index < -0.39 is 6.10 Å². The van der Waals surface area contributed by atoms with E-state index >= 15 is 0 Å². The summed E-state index contributed by atoms with van der Waals surface area (Å²) in [4.78, 5) is 12.0. The van der Waals surface area contributed by atoms with Gasteiger partial charge in [0.15, 0.2) is 6.10 Å². The summed E-state index contributed by atoms with van der Waals surface area (Å²) in [6.45, 7) is 4.97. The minimum atomic E-state index is -0.545. The van der Waals surface area contributed by atoms with Crippen molar-refractivity contribution < 1.29 is 14.3 Å². The molecule has 0 bridgehead atoms. The van der Waals surface area contributed by atoms with Gasteiger partial charge in [0.2, 0.25) is 0 Å². The normalized spacial score (nSPS) is 19.6. The van der Waals surface area contributed by atoms with E-state index in [4.69, 9.17) is 21.1 Å². The van der Waals surface area contributed by atoms with Crippen LogP contribution in [0.1, 0.15) is 25.3 Å². The molecule has 4 nitrogen and oxygen atoms in total. The van der Waals surface area contributed by atoms with Gasteiger partial charge in [-0.1, -0.05) is 11.6 Å². The van der Waals surface area contributed by atoms with Gasteiger partial charge < -0.3 is 14.8 Å². The van der Waals surface area contributed by atoms with Gasteiger partial charge in [-0.05, 0) is 50.5 Å². The number of ether oxygens (including phenoxy) is 2. The molecule has 2 atom stereocenters. The average molecular weight is 298 g/mol. The van der Waals surface area contributed by atoms with Crippen molar-refractivity contribution in [3.63, 3.8) is 0 Å². The lowest BCUT2D eigenvalue weighted by atomic mass is 10.2. The van der Waals surface area contributed by atoms with E-state index in [-0.39, 0.29) is 12.0 Å². The molecule has 0 aliphatic carbocycles. The molecule has 1 aromatic carbocycles. The third-order valence-electron chi connectivity index (χ3n) is 3.34. The second kappa shape index (κ2) is 6.95.